The van der Waals surface area contributed by atoms with E-state index >= 15 is 0 Å². The van der Waals surface area contributed by atoms with E-state index in [1.807, 2.05) is 66.5 Å². The molecule has 0 aromatic heterocycles. The van der Waals surface area contributed by atoms with E-state index in [0.717, 1.165) is 16.6 Å². The fourth-order valence-electron chi connectivity index (χ4n) is 2.37. The molecule has 0 aliphatic heterocycles. The molecule has 0 saturated carbocycles. The van der Waals surface area contributed by atoms with Gasteiger partial charge < -0.3 is 15.0 Å². The minimum absolute atomic E-state index is 0. The molecule has 1 unspecified atom stereocenters. The van der Waals surface area contributed by atoms with E-state index in [0.29, 0.717) is 25.4 Å². The fraction of sp³-hybridized carbons (Fsp3) is 0.350. The zero-order valence-corrected chi connectivity index (χ0v) is 19.2. The third-order valence-corrected chi connectivity index (χ3v) is 5.24. The summed E-state index contributed by atoms with van der Waals surface area (Å²) in [7, 11) is 2.70. The van der Waals surface area contributed by atoms with Crippen molar-refractivity contribution in [3.8, 4) is 5.75 Å². The zero-order chi connectivity index (χ0) is 18.8. The third kappa shape index (κ3) is 8.30. The average Bonchev–Trinajstić information content (AvgIpc) is 2.67. The summed E-state index contributed by atoms with van der Waals surface area (Å²) >= 11 is 0. The van der Waals surface area contributed by atoms with Crippen LogP contribution in [0.15, 0.2) is 64.5 Å². The smallest absolute Gasteiger partial charge is 0.193 e. The molecule has 5 nitrogen and oxygen atoms in total. The third-order valence-electron chi connectivity index (χ3n) is 3.87. The molecule has 2 aromatic rings. The van der Waals surface area contributed by atoms with Crippen molar-refractivity contribution < 1.29 is 8.95 Å². The molecule has 148 valence electrons. The van der Waals surface area contributed by atoms with Gasteiger partial charge in [0.1, 0.15) is 12.4 Å². The van der Waals surface area contributed by atoms with Crippen LogP contribution >= 0.6 is 24.0 Å². The summed E-state index contributed by atoms with van der Waals surface area (Å²) in [6.07, 6.45) is 0. The second-order valence-corrected chi connectivity index (χ2v) is 7.49. The summed E-state index contributed by atoms with van der Waals surface area (Å²) in [6, 6.07) is 17.5. The molecule has 1 atom stereocenters. The molecule has 0 aliphatic carbocycles. The molecule has 1 N–H and O–H groups in total. The Labute approximate surface area is 181 Å². The standard InChI is InChI=1S/C20H27N3O2S.HI/c1-17-9-11-18(12-10-17)25-15-14-23(3)20(21-2)22-13-16-26(24)19-7-5-4-6-8-19;/h4-12H,13-16H2,1-3H3,(H,21,22);1H. The predicted molar refractivity (Wildman–Crippen MR) is 124 cm³/mol. The minimum atomic E-state index is -1.01. The lowest BCUT2D eigenvalue weighted by molar-refractivity contribution is 0.281. The number of aliphatic imine (C=N–C) groups is 1. The zero-order valence-electron chi connectivity index (χ0n) is 16.1. The Bertz CT molecular complexity index is 724. The van der Waals surface area contributed by atoms with Crippen LogP contribution in [0, 0.1) is 6.92 Å². The highest BCUT2D eigenvalue weighted by molar-refractivity contribution is 14.0. The second kappa shape index (κ2) is 12.7. The van der Waals surface area contributed by atoms with Gasteiger partial charge in [0.05, 0.1) is 17.3 Å². The predicted octanol–water partition coefficient (Wildman–Crippen LogP) is 3.31. The molecule has 27 heavy (non-hydrogen) atoms. The first kappa shape index (κ1) is 23.4. The molecule has 2 aromatic carbocycles. The van der Waals surface area contributed by atoms with Gasteiger partial charge in [-0.15, -0.1) is 24.0 Å². The van der Waals surface area contributed by atoms with Crippen LogP contribution in [0.3, 0.4) is 0 Å². The summed E-state index contributed by atoms with van der Waals surface area (Å²) < 4.78 is 18.0. The van der Waals surface area contributed by atoms with Gasteiger partial charge in [-0.2, -0.15) is 0 Å². The largest absolute Gasteiger partial charge is 0.492 e. The maximum atomic E-state index is 12.2. The molecular weight excluding hydrogens is 473 g/mol. The molecular formula is C20H28IN3O2S. The molecule has 0 saturated heterocycles. The molecule has 0 spiro atoms. The van der Waals surface area contributed by atoms with E-state index in [-0.39, 0.29) is 24.0 Å². The highest BCUT2D eigenvalue weighted by atomic mass is 127. The van der Waals surface area contributed by atoms with Gasteiger partial charge in [0.25, 0.3) is 0 Å². The Kier molecular flexibility index (Phi) is 11.0. The van der Waals surface area contributed by atoms with E-state index in [1.54, 1.807) is 7.05 Å². The van der Waals surface area contributed by atoms with E-state index in [4.69, 9.17) is 4.74 Å². The van der Waals surface area contributed by atoms with Gasteiger partial charge in [0.2, 0.25) is 0 Å². The van der Waals surface area contributed by atoms with Crippen LogP contribution in [0.25, 0.3) is 0 Å². The molecule has 2 rings (SSSR count). The van der Waals surface area contributed by atoms with Crippen LogP contribution in [-0.4, -0.2) is 54.6 Å². The normalized spacial score (nSPS) is 12.0. The van der Waals surface area contributed by atoms with E-state index < -0.39 is 10.8 Å². The highest BCUT2D eigenvalue weighted by Gasteiger charge is 2.07. The maximum Gasteiger partial charge on any atom is 0.193 e. The Morgan fingerprint density at radius 3 is 2.44 bits per heavy atom. The molecule has 0 bridgehead atoms. The Balaban J connectivity index is 0.00000364. The van der Waals surface area contributed by atoms with Crippen LogP contribution < -0.4 is 10.1 Å². The molecule has 0 amide bonds. The van der Waals surface area contributed by atoms with Crippen molar-refractivity contribution in [1.29, 1.82) is 0 Å². The van der Waals surface area contributed by atoms with Crippen LogP contribution in [-0.2, 0) is 10.8 Å². The van der Waals surface area contributed by atoms with E-state index in [9.17, 15) is 4.21 Å². The van der Waals surface area contributed by atoms with Crippen molar-refractivity contribution in [2.75, 3.05) is 39.5 Å². The Morgan fingerprint density at radius 1 is 1.15 bits per heavy atom. The minimum Gasteiger partial charge on any atom is -0.492 e. The molecule has 0 heterocycles. The lowest BCUT2D eigenvalue weighted by atomic mass is 10.2. The second-order valence-electron chi connectivity index (χ2n) is 5.92. The number of aryl methyl sites for hydroxylation is 1. The molecule has 0 aliphatic rings. The number of ether oxygens (including phenoxy) is 1. The van der Waals surface area contributed by atoms with E-state index in [1.165, 1.54) is 5.56 Å². The van der Waals surface area contributed by atoms with Crippen LogP contribution in [0.1, 0.15) is 5.56 Å². The van der Waals surface area contributed by atoms with Gasteiger partial charge in [-0.3, -0.25) is 9.20 Å². The number of benzene rings is 2. The van der Waals surface area contributed by atoms with Crippen molar-refractivity contribution in [1.82, 2.24) is 10.2 Å². The van der Waals surface area contributed by atoms with E-state index in [2.05, 4.69) is 17.2 Å². The number of hydrogen-bond acceptors (Lipinski definition) is 3. The highest BCUT2D eigenvalue weighted by Crippen LogP contribution is 2.11. The van der Waals surface area contributed by atoms with Crippen molar-refractivity contribution in [3.05, 3.63) is 60.2 Å². The van der Waals surface area contributed by atoms with Crippen LogP contribution in [0.5, 0.6) is 5.75 Å². The lowest BCUT2D eigenvalue weighted by Gasteiger charge is -2.22. The number of rotatable bonds is 8. The van der Waals surface area contributed by atoms with Crippen LogP contribution in [0.2, 0.25) is 0 Å². The Morgan fingerprint density at radius 2 is 1.81 bits per heavy atom. The maximum absolute atomic E-state index is 12.2. The number of likely N-dealkylation sites (N-methyl/N-ethyl adjacent to an activating group) is 1. The van der Waals surface area contributed by atoms with Crippen molar-refractivity contribution in [3.63, 3.8) is 0 Å². The number of hydrogen-bond donors (Lipinski definition) is 1. The Hall–Kier alpha value is -1.61. The summed E-state index contributed by atoms with van der Waals surface area (Å²) in [4.78, 5) is 7.12. The molecule has 7 heteroatoms. The first-order chi connectivity index (χ1) is 12.6. The quantitative estimate of drug-likeness (QED) is 0.343. The summed E-state index contributed by atoms with van der Waals surface area (Å²) in [5.74, 6) is 2.17. The summed E-state index contributed by atoms with van der Waals surface area (Å²) in [5, 5.41) is 3.25. The first-order valence-corrected chi connectivity index (χ1v) is 9.96. The molecule has 0 radical (unpaired) electrons. The number of guanidine groups is 1. The van der Waals surface area contributed by atoms with Crippen LogP contribution in [0.4, 0.5) is 0 Å². The topological polar surface area (TPSA) is 53.9 Å². The lowest BCUT2D eigenvalue weighted by Crippen LogP contribution is -2.42. The number of nitrogens with zero attached hydrogens (tertiary/aromatic N) is 2. The monoisotopic (exact) mass is 501 g/mol. The number of halogens is 1. The van der Waals surface area contributed by atoms with Crippen molar-refractivity contribution >= 4 is 40.7 Å². The van der Waals surface area contributed by atoms with Gasteiger partial charge in [-0.25, -0.2) is 0 Å². The van der Waals surface area contributed by atoms with Gasteiger partial charge >= 0.3 is 0 Å². The van der Waals surface area contributed by atoms with Gasteiger partial charge in [-0.05, 0) is 31.2 Å². The van der Waals surface area contributed by atoms with Crippen molar-refractivity contribution in [2.24, 2.45) is 4.99 Å². The summed E-state index contributed by atoms with van der Waals surface area (Å²) in [6.45, 7) is 3.92. The fourth-order valence-corrected chi connectivity index (χ4v) is 3.36. The number of nitrogens with one attached hydrogen (secondary N) is 1. The summed E-state index contributed by atoms with van der Waals surface area (Å²) in [5.41, 5.74) is 1.21. The first-order valence-electron chi connectivity index (χ1n) is 8.65. The van der Waals surface area contributed by atoms with Gasteiger partial charge in [0, 0.05) is 31.3 Å². The molecule has 0 fully saturated rings. The van der Waals surface area contributed by atoms with Gasteiger partial charge in [-0.1, -0.05) is 35.9 Å². The SMILES string of the molecule is CN=C(NCCS(=O)c1ccccc1)N(C)CCOc1ccc(C)cc1.I. The average molecular weight is 501 g/mol. The van der Waals surface area contributed by atoms with Gasteiger partial charge in [0.15, 0.2) is 5.96 Å². The van der Waals surface area contributed by atoms with Crippen molar-refractivity contribution in [2.45, 2.75) is 11.8 Å².